The van der Waals surface area contributed by atoms with E-state index in [0.29, 0.717) is 0 Å². The minimum atomic E-state index is -0.332. The highest BCUT2D eigenvalue weighted by Crippen LogP contribution is 2.57. The number of rotatable bonds is 15. The summed E-state index contributed by atoms with van der Waals surface area (Å²) in [6.45, 7) is 4.87. The standard InChI is InChI=1S/C119H79N3S2/c1-119(2)106-49-26-46-97(117(106)102-48-25-47-98(118(102)119)80-55-62-88(63-56-80)120(89-37-21-35-81(69-89)83-59-66-114-103(71-83)101-43-15-20-54-113(101)123-114)111-74-86(57-64-95(111)78-27-5-3-6-28-78)93-44-23-33-76-31-9-11-39-91(76)93)85-61-68-116-105(73-85)104-72-84(60-67-115(104)124-116)82-36-22-38-90(70-82)121(109-52-18-19-53-110(109)122-107-50-16-13-41-99(107)100-42-14-17-51-108(100)122)112-75-87(58-65-96(112)79-29-7-4-8-30-79)94-45-24-34-77-32-10-12-40-92(77)94/h3-75H,1-2H3. The molecule has 0 amide bonds. The highest BCUT2D eigenvalue weighted by molar-refractivity contribution is 7.26. The van der Waals surface area contributed by atoms with Gasteiger partial charge in [0.05, 0.1) is 33.8 Å². The van der Waals surface area contributed by atoms with Gasteiger partial charge >= 0.3 is 0 Å². The molecule has 24 rings (SSSR count). The van der Waals surface area contributed by atoms with Crippen LogP contribution in [0.1, 0.15) is 25.0 Å². The number of benzene rings is 20. The Morgan fingerprint density at radius 1 is 0.218 bits per heavy atom. The van der Waals surface area contributed by atoms with Crippen molar-refractivity contribution in [2.24, 2.45) is 0 Å². The van der Waals surface area contributed by atoms with Crippen LogP contribution < -0.4 is 9.80 Å². The van der Waals surface area contributed by atoms with Gasteiger partial charge in [0.25, 0.3) is 0 Å². The number of nitrogens with zero attached hydrogens (tertiary/aromatic N) is 3. The van der Waals surface area contributed by atoms with E-state index in [1.807, 2.05) is 22.7 Å². The molecule has 0 saturated heterocycles. The summed E-state index contributed by atoms with van der Waals surface area (Å²) >= 11 is 3.73. The van der Waals surface area contributed by atoms with Crippen molar-refractivity contribution in [3.63, 3.8) is 0 Å². The van der Waals surface area contributed by atoms with Crippen molar-refractivity contribution in [1.82, 2.24) is 4.57 Å². The predicted molar refractivity (Wildman–Crippen MR) is 532 cm³/mol. The topological polar surface area (TPSA) is 11.4 Å². The number of thiophene rings is 2. The monoisotopic (exact) mass is 1610 g/mol. The number of para-hydroxylation sites is 4. The van der Waals surface area contributed by atoms with E-state index in [9.17, 15) is 0 Å². The zero-order chi connectivity index (χ0) is 82.1. The summed E-state index contributed by atoms with van der Waals surface area (Å²) in [5.41, 5.74) is 33.5. The molecular formula is C119H79N3S2. The molecule has 3 nitrogen and oxygen atoms in total. The Morgan fingerprint density at radius 3 is 1.21 bits per heavy atom. The maximum absolute atomic E-state index is 2.53. The van der Waals surface area contributed by atoms with Gasteiger partial charge in [-0.15, -0.1) is 22.7 Å². The van der Waals surface area contributed by atoms with Gasteiger partial charge in [0.1, 0.15) is 0 Å². The molecule has 582 valence electrons. The van der Waals surface area contributed by atoms with E-state index >= 15 is 0 Å². The zero-order valence-corrected chi connectivity index (χ0v) is 69.9. The van der Waals surface area contributed by atoms with Gasteiger partial charge in [-0.1, -0.05) is 341 Å². The summed E-state index contributed by atoms with van der Waals surface area (Å²) in [7, 11) is 0. The molecule has 0 atom stereocenters. The first kappa shape index (κ1) is 72.7. The molecule has 0 N–H and O–H groups in total. The Kier molecular flexibility index (Phi) is 17.4. The Balaban J connectivity index is 0.617. The summed E-state index contributed by atoms with van der Waals surface area (Å²) in [6.07, 6.45) is 0. The van der Waals surface area contributed by atoms with Crippen LogP contribution in [0.2, 0.25) is 0 Å². The average molecular weight is 1620 g/mol. The van der Waals surface area contributed by atoms with Crippen molar-refractivity contribution in [2.45, 2.75) is 19.3 Å². The van der Waals surface area contributed by atoms with Crippen molar-refractivity contribution >= 4 is 140 Å². The Bertz CT molecular complexity index is 8160. The van der Waals surface area contributed by atoms with E-state index in [0.717, 1.165) is 101 Å². The molecule has 124 heavy (non-hydrogen) atoms. The second-order valence-corrected chi connectivity index (χ2v) is 35.5. The van der Waals surface area contributed by atoms with Crippen molar-refractivity contribution in [3.05, 3.63) is 454 Å². The largest absolute Gasteiger partial charge is 0.310 e. The number of hydrogen-bond donors (Lipinski definition) is 0. The fraction of sp³-hybridized carbons (Fsp3) is 0.0252. The molecule has 3 heterocycles. The van der Waals surface area contributed by atoms with Crippen molar-refractivity contribution in [2.75, 3.05) is 9.80 Å². The molecule has 0 spiro atoms. The first-order chi connectivity index (χ1) is 61.2. The molecular weight excluding hydrogens is 1540 g/mol. The number of fused-ring (bicyclic) bond motifs is 14. The van der Waals surface area contributed by atoms with Crippen LogP contribution in [0.4, 0.5) is 34.1 Å². The summed E-state index contributed by atoms with van der Waals surface area (Å²) < 4.78 is 7.60. The lowest BCUT2D eigenvalue weighted by molar-refractivity contribution is 0.662. The molecule has 5 heteroatoms. The predicted octanol–water partition coefficient (Wildman–Crippen LogP) is 34.4. The lowest BCUT2D eigenvalue weighted by Gasteiger charge is -2.31. The smallest absolute Gasteiger partial charge is 0.0702 e. The van der Waals surface area contributed by atoms with Gasteiger partial charge in [0.15, 0.2) is 0 Å². The summed E-state index contributed by atoms with van der Waals surface area (Å²) in [5.74, 6) is 0. The Labute approximate surface area is 728 Å². The fourth-order valence-corrected chi connectivity index (χ4v) is 22.3. The summed E-state index contributed by atoms with van der Waals surface area (Å²) in [5, 5.41) is 12.4. The highest BCUT2D eigenvalue weighted by atomic mass is 32.1. The molecule has 1 aliphatic carbocycles. The second kappa shape index (κ2) is 29.6. The number of anilines is 6. The number of aromatic nitrogens is 1. The third-order valence-electron chi connectivity index (χ3n) is 26.0. The molecule has 20 aromatic carbocycles. The van der Waals surface area contributed by atoms with Crippen molar-refractivity contribution in [3.8, 4) is 106 Å². The number of hydrogen-bond acceptors (Lipinski definition) is 4. The van der Waals surface area contributed by atoms with Crippen LogP contribution in [0, 0.1) is 0 Å². The van der Waals surface area contributed by atoms with Crippen LogP contribution in [0.5, 0.6) is 0 Å². The molecule has 0 aliphatic heterocycles. The molecule has 3 aromatic heterocycles. The van der Waals surface area contributed by atoms with E-state index in [2.05, 4.69) is 471 Å². The van der Waals surface area contributed by atoms with Crippen molar-refractivity contribution in [1.29, 1.82) is 0 Å². The summed E-state index contributed by atoms with van der Waals surface area (Å²) in [4.78, 5) is 5.02. The van der Waals surface area contributed by atoms with Crippen LogP contribution in [-0.2, 0) is 5.41 Å². The molecule has 0 saturated carbocycles. The van der Waals surface area contributed by atoms with E-state index in [-0.39, 0.29) is 5.41 Å². The van der Waals surface area contributed by atoms with E-state index in [4.69, 9.17) is 0 Å². The minimum absolute atomic E-state index is 0.332. The molecule has 0 radical (unpaired) electrons. The molecule has 0 bridgehead atoms. The zero-order valence-electron chi connectivity index (χ0n) is 68.3. The van der Waals surface area contributed by atoms with Crippen LogP contribution in [-0.4, -0.2) is 4.57 Å². The Hall–Kier alpha value is -15.2. The Morgan fingerprint density at radius 2 is 0.605 bits per heavy atom. The fourth-order valence-electron chi connectivity index (χ4n) is 20.2. The summed E-state index contributed by atoms with van der Waals surface area (Å²) in [6, 6.07) is 166. The quantitative estimate of drug-likeness (QED) is 0.101. The maximum Gasteiger partial charge on any atom is 0.0702 e. The van der Waals surface area contributed by atoms with Crippen LogP contribution in [0.15, 0.2) is 443 Å². The van der Waals surface area contributed by atoms with Crippen LogP contribution in [0.3, 0.4) is 0 Å². The van der Waals surface area contributed by atoms with E-state index < -0.39 is 0 Å². The maximum atomic E-state index is 2.53. The molecule has 23 aromatic rings. The van der Waals surface area contributed by atoms with Gasteiger partial charge in [-0.05, 0) is 237 Å². The lowest BCUT2D eigenvalue weighted by Crippen LogP contribution is -2.16. The van der Waals surface area contributed by atoms with Gasteiger partial charge in [0.2, 0.25) is 0 Å². The average Bonchev–Trinajstić information content (AvgIpc) is 1.55. The van der Waals surface area contributed by atoms with Gasteiger partial charge in [-0.3, -0.25) is 0 Å². The van der Waals surface area contributed by atoms with Crippen molar-refractivity contribution < 1.29 is 0 Å². The van der Waals surface area contributed by atoms with Gasteiger partial charge in [0, 0.05) is 84.7 Å². The first-order valence-electron chi connectivity index (χ1n) is 42.7. The second-order valence-electron chi connectivity index (χ2n) is 33.3. The lowest BCUT2D eigenvalue weighted by atomic mass is 9.78. The van der Waals surface area contributed by atoms with Crippen LogP contribution in [0.25, 0.3) is 190 Å². The normalized spacial score (nSPS) is 12.3. The highest BCUT2D eigenvalue weighted by Gasteiger charge is 2.39. The van der Waals surface area contributed by atoms with E-state index in [1.54, 1.807) is 0 Å². The molecule has 0 fully saturated rings. The molecule has 0 unspecified atom stereocenters. The van der Waals surface area contributed by atoms with Gasteiger partial charge in [-0.25, -0.2) is 0 Å². The van der Waals surface area contributed by atoms with Gasteiger partial charge < -0.3 is 14.4 Å². The SMILES string of the molecule is CC1(C)c2cccc(-c3ccc4sc5ccc(-c6cccc(N(c7cc(-c8cccc9ccccc89)ccc7-c7ccccc7)c7ccccc7-n7c8ccccc8c8ccccc87)c6)cc5c4c3)c2-c2cccc(-c3ccc(N(c4cccc(-c5ccc6sc7ccccc7c6c5)c4)c4cc(-c5cccc6ccccc56)ccc4-c4ccccc4)cc3)c21. The third kappa shape index (κ3) is 12.1. The van der Waals surface area contributed by atoms with Gasteiger partial charge in [-0.2, -0.15) is 0 Å². The minimum Gasteiger partial charge on any atom is -0.310 e. The van der Waals surface area contributed by atoms with E-state index in [1.165, 1.54) is 134 Å². The van der Waals surface area contributed by atoms with Crippen LogP contribution >= 0.6 is 22.7 Å². The third-order valence-corrected chi connectivity index (χ3v) is 28.3. The molecule has 1 aliphatic rings. The first-order valence-corrected chi connectivity index (χ1v) is 44.4.